The number of primary amides is 1. The summed E-state index contributed by atoms with van der Waals surface area (Å²) in [4.78, 5) is 15.2. The molecule has 2 aromatic rings. The fourth-order valence-electron chi connectivity index (χ4n) is 1.77. The Hall–Kier alpha value is -2.21. The summed E-state index contributed by atoms with van der Waals surface area (Å²) in [5.74, 6) is 0.417. The number of carbonyl (C=O) groups is 1. The molecule has 0 spiro atoms. The van der Waals surface area contributed by atoms with Gasteiger partial charge in [-0.1, -0.05) is 12.1 Å². The highest BCUT2D eigenvalue weighted by Gasteiger charge is 2.02. The van der Waals surface area contributed by atoms with E-state index in [0.29, 0.717) is 12.1 Å². The molecular weight excluding hydrogens is 242 g/mol. The second kappa shape index (κ2) is 6.10. The molecule has 6 nitrogen and oxygen atoms in total. The number of nitrogens with one attached hydrogen (secondary N) is 1. The van der Waals surface area contributed by atoms with Crippen molar-refractivity contribution in [2.24, 2.45) is 12.8 Å². The number of nitrogens with zero attached hydrogens (tertiary/aromatic N) is 3. The molecule has 0 saturated heterocycles. The van der Waals surface area contributed by atoms with Gasteiger partial charge in [-0.25, -0.2) is 4.98 Å². The van der Waals surface area contributed by atoms with Crippen molar-refractivity contribution in [1.82, 2.24) is 20.1 Å². The highest BCUT2D eigenvalue weighted by molar-refractivity contribution is 5.92. The van der Waals surface area contributed by atoms with Crippen LogP contribution in [-0.2, 0) is 20.0 Å². The van der Waals surface area contributed by atoms with Crippen LogP contribution >= 0.6 is 0 Å². The molecule has 0 aliphatic rings. The van der Waals surface area contributed by atoms with Crippen LogP contribution in [0.4, 0.5) is 0 Å². The van der Waals surface area contributed by atoms with Gasteiger partial charge in [-0.3, -0.25) is 9.48 Å². The smallest absolute Gasteiger partial charge is 0.248 e. The van der Waals surface area contributed by atoms with Gasteiger partial charge in [0.05, 0.1) is 0 Å². The predicted molar refractivity (Wildman–Crippen MR) is 71.4 cm³/mol. The molecule has 3 N–H and O–H groups in total. The number of aryl methyl sites for hydroxylation is 1. The van der Waals surface area contributed by atoms with E-state index < -0.39 is 5.91 Å². The van der Waals surface area contributed by atoms with Crippen molar-refractivity contribution >= 4 is 5.91 Å². The summed E-state index contributed by atoms with van der Waals surface area (Å²) in [5.41, 5.74) is 6.80. The minimum Gasteiger partial charge on any atom is -0.366 e. The molecular formula is C13H17N5O. The number of hydrogen-bond donors (Lipinski definition) is 2. The van der Waals surface area contributed by atoms with Crippen LogP contribution in [0, 0.1) is 0 Å². The third-order valence-electron chi connectivity index (χ3n) is 2.71. The quantitative estimate of drug-likeness (QED) is 0.728. The molecule has 0 saturated carbocycles. The lowest BCUT2D eigenvalue weighted by atomic mass is 10.1. The third-order valence-corrected chi connectivity index (χ3v) is 2.71. The average Bonchev–Trinajstić information content (AvgIpc) is 2.81. The molecule has 0 aliphatic carbocycles. The monoisotopic (exact) mass is 259 g/mol. The normalized spacial score (nSPS) is 10.6. The Morgan fingerprint density at radius 1 is 1.47 bits per heavy atom. The minimum atomic E-state index is -0.403. The van der Waals surface area contributed by atoms with Gasteiger partial charge in [0.1, 0.15) is 6.33 Å². The van der Waals surface area contributed by atoms with Gasteiger partial charge in [-0.05, 0) is 17.7 Å². The standard InChI is InChI=1S/C13H17N5O/c1-18-9-16-12(17-18)5-6-15-8-10-3-2-4-11(7-10)13(14)19/h2-4,7,9,15H,5-6,8H2,1H3,(H2,14,19). The van der Waals surface area contributed by atoms with E-state index in [0.717, 1.165) is 24.4 Å². The van der Waals surface area contributed by atoms with Gasteiger partial charge in [0.2, 0.25) is 5.91 Å². The van der Waals surface area contributed by atoms with Crippen molar-refractivity contribution in [3.8, 4) is 0 Å². The molecule has 0 atom stereocenters. The summed E-state index contributed by atoms with van der Waals surface area (Å²) < 4.78 is 1.69. The van der Waals surface area contributed by atoms with Gasteiger partial charge < -0.3 is 11.1 Å². The van der Waals surface area contributed by atoms with E-state index >= 15 is 0 Å². The van der Waals surface area contributed by atoms with Crippen molar-refractivity contribution in [3.63, 3.8) is 0 Å². The number of hydrogen-bond acceptors (Lipinski definition) is 4. The second-order valence-corrected chi connectivity index (χ2v) is 4.33. The maximum Gasteiger partial charge on any atom is 0.248 e. The molecule has 0 aliphatic heterocycles. The number of nitrogens with two attached hydrogens (primary N) is 1. The number of amides is 1. The highest BCUT2D eigenvalue weighted by atomic mass is 16.1. The summed E-state index contributed by atoms with van der Waals surface area (Å²) in [7, 11) is 1.85. The molecule has 1 amide bonds. The van der Waals surface area contributed by atoms with E-state index in [4.69, 9.17) is 5.73 Å². The fraction of sp³-hybridized carbons (Fsp3) is 0.308. The average molecular weight is 259 g/mol. The zero-order chi connectivity index (χ0) is 13.7. The van der Waals surface area contributed by atoms with Crippen LogP contribution < -0.4 is 11.1 Å². The number of aromatic nitrogens is 3. The van der Waals surface area contributed by atoms with Gasteiger partial charge in [-0.2, -0.15) is 5.10 Å². The molecule has 0 bridgehead atoms. The number of benzene rings is 1. The minimum absolute atomic E-state index is 0.403. The van der Waals surface area contributed by atoms with Crippen molar-refractivity contribution in [1.29, 1.82) is 0 Å². The summed E-state index contributed by atoms with van der Waals surface area (Å²) in [5, 5.41) is 7.48. The first kappa shape index (κ1) is 13.2. The fourth-order valence-corrected chi connectivity index (χ4v) is 1.77. The molecule has 6 heteroatoms. The highest BCUT2D eigenvalue weighted by Crippen LogP contribution is 2.04. The Morgan fingerprint density at radius 2 is 2.32 bits per heavy atom. The van der Waals surface area contributed by atoms with E-state index in [1.165, 1.54) is 0 Å². The first-order valence-electron chi connectivity index (χ1n) is 6.09. The Balaban J connectivity index is 1.79. The van der Waals surface area contributed by atoms with Crippen molar-refractivity contribution in [2.75, 3.05) is 6.54 Å². The van der Waals surface area contributed by atoms with Gasteiger partial charge in [0.25, 0.3) is 0 Å². The summed E-state index contributed by atoms with van der Waals surface area (Å²) in [6.45, 7) is 1.47. The second-order valence-electron chi connectivity index (χ2n) is 4.33. The zero-order valence-corrected chi connectivity index (χ0v) is 10.8. The number of rotatable bonds is 6. The van der Waals surface area contributed by atoms with Crippen LogP contribution in [0.15, 0.2) is 30.6 Å². The summed E-state index contributed by atoms with van der Waals surface area (Å²) in [6.07, 6.45) is 2.46. The maximum atomic E-state index is 11.1. The van der Waals surface area contributed by atoms with Crippen molar-refractivity contribution in [2.45, 2.75) is 13.0 Å². The zero-order valence-electron chi connectivity index (χ0n) is 10.8. The molecule has 2 rings (SSSR count). The van der Waals surface area contributed by atoms with Gasteiger partial charge in [0, 0.05) is 32.1 Å². The van der Waals surface area contributed by atoms with Crippen LogP contribution in [0.25, 0.3) is 0 Å². The third kappa shape index (κ3) is 3.89. The molecule has 0 unspecified atom stereocenters. The molecule has 19 heavy (non-hydrogen) atoms. The lowest BCUT2D eigenvalue weighted by Gasteiger charge is -2.04. The van der Waals surface area contributed by atoms with E-state index in [1.807, 2.05) is 19.2 Å². The topological polar surface area (TPSA) is 85.8 Å². The Morgan fingerprint density at radius 3 is 3.00 bits per heavy atom. The molecule has 1 heterocycles. The Labute approximate surface area is 111 Å². The molecule has 1 aromatic carbocycles. The lowest BCUT2D eigenvalue weighted by Crippen LogP contribution is -2.18. The molecule has 0 fully saturated rings. The van der Waals surface area contributed by atoms with Gasteiger partial charge >= 0.3 is 0 Å². The van der Waals surface area contributed by atoms with Crippen LogP contribution in [0.3, 0.4) is 0 Å². The Bertz CT molecular complexity index is 564. The maximum absolute atomic E-state index is 11.1. The molecule has 100 valence electrons. The predicted octanol–water partition coefficient (Wildman–Crippen LogP) is 0.246. The lowest BCUT2D eigenvalue weighted by molar-refractivity contribution is 0.1000. The van der Waals surface area contributed by atoms with Crippen LogP contribution in [-0.4, -0.2) is 27.2 Å². The summed E-state index contributed by atoms with van der Waals surface area (Å²) in [6, 6.07) is 7.30. The van der Waals surface area contributed by atoms with Crippen LogP contribution in [0.1, 0.15) is 21.7 Å². The van der Waals surface area contributed by atoms with Gasteiger partial charge in [-0.15, -0.1) is 0 Å². The van der Waals surface area contributed by atoms with Crippen LogP contribution in [0.5, 0.6) is 0 Å². The van der Waals surface area contributed by atoms with E-state index in [9.17, 15) is 4.79 Å². The first-order chi connectivity index (χ1) is 9.15. The largest absolute Gasteiger partial charge is 0.366 e. The molecule has 0 radical (unpaired) electrons. The SMILES string of the molecule is Cn1cnc(CCNCc2cccc(C(N)=O)c2)n1. The first-order valence-corrected chi connectivity index (χ1v) is 6.09. The van der Waals surface area contributed by atoms with E-state index in [-0.39, 0.29) is 0 Å². The van der Waals surface area contributed by atoms with E-state index in [2.05, 4.69) is 15.4 Å². The van der Waals surface area contributed by atoms with E-state index in [1.54, 1.807) is 23.1 Å². The molecule has 1 aromatic heterocycles. The van der Waals surface area contributed by atoms with Crippen LogP contribution in [0.2, 0.25) is 0 Å². The number of carbonyl (C=O) groups excluding carboxylic acids is 1. The Kier molecular flexibility index (Phi) is 4.25. The van der Waals surface area contributed by atoms with Gasteiger partial charge in [0.15, 0.2) is 5.82 Å². The van der Waals surface area contributed by atoms with Crippen molar-refractivity contribution < 1.29 is 4.79 Å². The summed E-state index contributed by atoms with van der Waals surface area (Å²) >= 11 is 0. The van der Waals surface area contributed by atoms with Crippen molar-refractivity contribution in [3.05, 3.63) is 47.5 Å².